The number of piperidine rings is 1. The number of fused-ring (bicyclic) bond motifs is 2. The van der Waals surface area contributed by atoms with E-state index in [1.165, 1.54) is 0 Å². The number of hydrogen-bond acceptors (Lipinski definition) is 12. The monoisotopic (exact) mass is 784 g/mol. The third kappa shape index (κ3) is 7.85. The SMILES string of the molecule is C[C@@H]1OCC2(CCN(c3cnc4c(N5CCN(C(=O)OC(C)(C)C)c6cc(-c7cnn(C)c7)ccc65)nn(C5CCCCO5)c4n3)CC2)[C@@H]1NC(=O)OC(C)(C)C. The summed E-state index contributed by atoms with van der Waals surface area (Å²) >= 11 is 0. The van der Waals surface area contributed by atoms with Crippen molar-refractivity contribution >= 4 is 46.4 Å². The van der Waals surface area contributed by atoms with Crippen LogP contribution in [0.2, 0.25) is 0 Å². The second-order valence-corrected chi connectivity index (χ2v) is 17.9. The molecule has 2 amide bonds. The number of amides is 2. The molecule has 0 radical (unpaired) electrons. The molecule has 1 N–H and O–H groups in total. The number of alkyl carbamates (subject to hydrolysis) is 1. The number of hydrogen-bond donors (Lipinski definition) is 1. The summed E-state index contributed by atoms with van der Waals surface area (Å²) in [6.07, 6.45) is 8.85. The van der Waals surface area contributed by atoms with Crippen molar-refractivity contribution in [3.8, 4) is 11.1 Å². The average molecular weight is 785 g/mol. The van der Waals surface area contributed by atoms with Crippen LogP contribution in [-0.2, 0) is 26.0 Å². The zero-order valence-corrected chi connectivity index (χ0v) is 34.4. The molecular formula is C41H56N10O6. The number of nitrogens with zero attached hydrogens (tertiary/aromatic N) is 9. The van der Waals surface area contributed by atoms with Gasteiger partial charge in [-0.15, -0.1) is 5.10 Å². The Labute approximate surface area is 333 Å². The van der Waals surface area contributed by atoms with Crippen LogP contribution in [0.25, 0.3) is 22.3 Å². The second kappa shape index (κ2) is 14.8. The maximum Gasteiger partial charge on any atom is 0.414 e. The number of carbonyl (C=O) groups is 2. The average Bonchev–Trinajstić information content (AvgIpc) is 3.85. The van der Waals surface area contributed by atoms with Gasteiger partial charge in [-0.2, -0.15) is 5.10 Å². The number of nitrogens with one attached hydrogen (secondary N) is 1. The van der Waals surface area contributed by atoms with Gasteiger partial charge in [-0.3, -0.25) is 9.58 Å². The highest BCUT2D eigenvalue weighted by atomic mass is 16.6. The molecule has 0 bridgehead atoms. The van der Waals surface area contributed by atoms with Gasteiger partial charge in [0.25, 0.3) is 0 Å². The number of aromatic nitrogens is 6. The molecule has 3 aromatic heterocycles. The first-order valence-electron chi connectivity index (χ1n) is 20.2. The van der Waals surface area contributed by atoms with E-state index in [4.69, 9.17) is 34.0 Å². The number of carbonyl (C=O) groups excluding carboxylic acids is 2. The molecule has 0 saturated carbocycles. The van der Waals surface area contributed by atoms with Crippen molar-refractivity contribution in [2.45, 2.75) is 110 Å². The summed E-state index contributed by atoms with van der Waals surface area (Å²) in [6, 6.07) is 5.93. The Morgan fingerprint density at radius 3 is 2.39 bits per heavy atom. The van der Waals surface area contributed by atoms with E-state index in [1.54, 1.807) is 9.58 Å². The van der Waals surface area contributed by atoms with Crippen molar-refractivity contribution in [1.82, 2.24) is 34.8 Å². The zero-order valence-electron chi connectivity index (χ0n) is 34.4. The molecule has 0 aliphatic carbocycles. The van der Waals surface area contributed by atoms with Crippen LogP contribution >= 0.6 is 0 Å². The first-order valence-corrected chi connectivity index (χ1v) is 20.2. The summed E-state index contributed by atoms with van der Waals surface area (Å²) in [4.78, 5) is 43.0. The highest BCUT2D eigenvalue weighted by Gasteiger charge is 2.51. The zero-order chi connectivity index (χ0) is 40.3. The van der Waals surface area contributed by atoms with Gasteiger partial charge in [0.05, 0.1) is 42.5 Å². The normalized spacial score (nSPS) is 22.5. The Bertz CT molecular complexity index is 2120. The molecule has 3 fully saturated rings. The van der Waals surface area contributed by atoms with Crippen molar-refractivity contribution in [3.63, 3.8) is 0 Å². The summed E-state index contributed by atoms with van der Waals surface area (Å²) in [6.45, 7) is 16.8. The van der Waals surface area contributed by atoms with Crippen LogP contribution in [0.1, 0.15) is 86.8 Å². The minimum Gasteiger partial charge on any atom is -0.444 e. The van der Waals surface area contributed by atoms with Crippen LogP contribution in [0.15, 0.2) is 36.8 Å². The van der Waals surface area contributed by atoms with Crippen molar-refractivity contribution in [2.24, 2.45) is 12.5 Å². The van der Waals surface area contributed by atoms with Crippen molar-refractivity contribution < 1.29 is 28.5 Å². The van der Waals surface area contributed by atoms with Gasteiger partial charge in [-0.25, -0.2) is 24.2 Å². The van der Waals surface area contributed by atoms with Gasteiger partial charge in [0, 0.05) is 57.0 Å². The highest BCUT2D eigenvalue weighted by Crippen LogP contribution is 2.45. The van der Waals surface area contributed by atoms with Crippen molar-refractivity contribution in [3.05, 3.63) is 36.8 Å². The van der Waals surface area contributed by atoms with E-state index >= 15 is 0 Å². The van der Waals surface area contributed by atoms with Gasteiger partial charge in [0.1, 0.15) is 17.0 Å². The summed E-state index contributed by atoms with van der Waals surface area (Å²) in [5.41, 5.74) is 3.26. The van der Waals surface area contributed by atoms with Crippen molar-refractivity contribution in [1.29, 1.82) is 0 Å². The van der Waals surface area contributed by atoms with E-state index in [0.29, 0.717) is 49.0 Å². The Kier molecular flexibility index (Phi) is 10.1. The highest BCUT2D eigenvalue weighted by molar-refractivity contribution is 5.99. The standard InChI is InChI=1S/C41H56N10O6/c1-26-34(45-37(52)56-39(2,3)4)41(25-55-26)14-16-48(17-15-41)31-23-42-33-35(44-31)51(32-11-9-10-20-54-32)46-36(33)49-18-19-50(38(53)57-40(5,6)7)30-21-27(12-13-29(30)49)28-22-43-47(8)24-28/h12-13,21-24,26,32,34H,9-11,14-20,25H2,1-8H3,(H,45,52)/t26-,32?,34+/m0/s1. The lowest BCUT2D eigenvalue weighted by Gasteiger charge is -2.42. The minimum atomic E-state index is -0.658. The molecule has 7 heterocycles. The summed E-state index contributed by atoms with van der Waals surface area (Å²) in [5, 5.41) is 12.7. The molecule has 4 aliphatic heterocycles. The molecule has 1 spiro atoms. The van der Waals surface area contributed by atoms with Gasteiger partial charge < -0.3 is 34.1 Å². The van der Waals surface area contributed by atoms with Crippen molar-refractivity contribution in [2.75, 3.05) is 54.1 Å². The molecule has 1 unspecified atom stereocenters. The number of ether oxygens (including phenoxy) is 4. The third-order valence-electron chi connectivity index (χ3n) is 11.3. The fraction of sp³-hybridized carbons (Fsp3) is 0.610. The predicted molar refractivity (Wildman–Crippen MR) is 216 cm³/mol. The van der Waals surface area contributed by atoms with Crippen LogP contribution in [0, 0.1) is 5.41 Å². The first kappa shape index (κ1) is 38.9. The second-order valence-electron chi connectivity index (χ2n) is 17.9. The van der Waals surface area contributed by atoms with E-state index < -0.39 is 23.4 Å². The van der Waals surface area contributed by atoms with Crippen LogP contribution in [0.4, 0.5) is 32.6 Å². The first-order chi connectivity index (χ1) is 27.1. The summed E-state index contributed by atoms with van der Waals surface area (Å²) in [7, 11) is 1.88. The van der Waals surface area contributed by atoms with Gasteiger partial charge in [0.15, 0.2) is 23.2 Å². The van der Waals surface area contributed by atoms with E-state index in [0.717, 1.165) is 67.8 Å². The van der Waals surface area contributed by atoms with Gasteiger partial charge in [-0.1, -0.05) is 6.07 Å². The fourth-order valence-electron chi connectivity index (χ4n) is 8.54. The smallest absolute Gasteiger partial charge is 0.414 e. The maximum absolute atomic E-state index is 13.7. The van der Waals surface area contributed by atoms with E-state index in [1.807, 2.05) is 97.0 Å². The Hall–Kier alpha value is -4.96. The molecule has 3 saturated heterocycles. The number of benzene rings is 1. The fourth-order valence-corrected chi connectivity index (χ4v) is 8.54. The lowest BCUT2D eigenvalue weighted by atomic mass is 9.73. The predicted octanol–water partition coefficient (Wildman–Crippen LogP) is 6.72. The minimum absolute atomic E-state index is 0.124. The molecule has 4 aromatic rings. The van der Waals surface area contributed by atoms with Crippen LogP contribution in [0.5, 0.6) is 0 Å². The number of aryl methyl sites for hydroxylation is 1. The van der Waals surface area contributed by atoms with Crippen LogP contribution in [-0.4, -0.2) is 104 Å². The number of anilines is 4. The van der Waals surface area contributed by atoms with E-state index in [2.05, 4.69) is 20.2 Å². The molecule has 306 valence electrons. The Balaban J connectivity index is 1.12. The molecule has 16 heteroatoms. The maximum atomic E-state index is 13.7. The quantitative estimate of drug-likeness (QED) is 0.229. The molecule has 8 rings (SSSR count). The Morgan fingerprint density at radius 2 is 1.70 bits per heavy atom. The topological polar surface area (TPSA) is 154 Å². The molecule has 1 aromatic carbocycles. The lowest BCUT2D eigenvalue weighted by molar-refractivity contribution is -0.0368. The van der Waals surface area contributed by atoms with Crippen LogP contribution in [0.3, 0.4) is 0 Å². The lowest BCUT2D eigenvalue weighted by Crippen LogP contribution is -2.55. The largest absolute Gasteiger partial charge is 0.444 e. The molecule has 16 nitrogen and oxygen atoms in total. The van der Waals surface area contributed by atoms with E-state index in [-0.39, 0.29) is 23.8 Å². The van der Waals surface area contributed by atoms with Gasteiger partial charge >= 0.3 is 12.2 Å². The van der Waals surface area contributed by atoms with Gasteiger partial charge in [0.2, 0.25) is 0 Å². The van der Waals surface area contributed by atoms with Crippen LogP contribution < -0.4 is 20.0 Å². The number of rotatable bonds is 5. The van der Waals surface area contributed by atoms with E-state index in [9.17, 15) is 9.59 Å². The molecule has 57 heavy (non-hydrogen) atoms. The third-order valence-corrected chi connectivity index (χ3v) is 11.3. The molecular weight excluding hydrogens is 729 g/mol. The summed E-state index contributed by atoms with van der Waals surface area (Å²) in [5.74, 6) is 1.42. The van der Waals surface area contributed by atoms with Gasteiger partial charge in [-0.05, 0) is 98.3 Å². The Morgan fingerprint density at radius 1 is 0.930 bits per heavy atom. The molecule has 3 atom stereocenters. The summed E-state index contributed by atoms with van der Waals surface area (Å²) < 4.78 is 27.6. The molecule has 4 aliphatic rings.